The van der Waals surface area contributed by atoms with E-state index in [0.29, 0.717) is 12.2 Å². The van der Waals surface area contributed by atoms with E-state index in [1.54, 1.807) is 6.92 Å². The number of carbonyl (C=O) groups is 1. The standard InChI is InChI=1S/C21H19NO2/c1-2-21(23)24-20-15-13-19(14-16-20)22(17-9-5-3-6-10-17)18-11-7-4-8-12-18/h3-16H,2H2,1H3. The molecule has 0 radical (unpaired) electrons. The average Bonchev–Trinajstić information content (AvgIpc) is 2.65. The van der Waals surface area contributed by atoms with Crippen molar-refractivity contribution < 1.29 is 9.53 Å². The van der Waals surface area contributed by atoms with Gasteiger partial charge >= 0.3 is 5.97 Å². The lowest BCUT2D eigenvalue weighted by Gasteiger charge is -2.25. The lowest BCUT2D eigenvalue weighted by molar-refractivity contribution is -0.134. The van der Waals surface area contributed by atoms with Crippen LogP contribution in [0.1, 0.15) is 13.3 Å². The van der Waals surface area contributed by atoms with Crippen LogP contribution in [0.2, 0.25) is 0 Å². The lowest BCUT2D eigenvalue weighted by atomic mass is 10.2. The first-order valence-corrected chi connectivity index (χ1v) is 7.99. The molecular formula is C21H19NO2. The van der Waals surface area contributed by atoms with E-state index in [2.05, 4.69) is 29.2 Å². The number of esters is 1. The highest BCUT2D eigenvalue weighted by atomic mass is 16.5. The summed E-state index contributed by atoms with van der Waals surface area (Å²) in [6, 6.07) is 27.9. The fraction of sp³-hybridized carbons (Fsp3) is 0.0952. The molecule has 0 unspecified atom stereocenters. The molecule has 0 fully saturated rings. The number of hydrogen-bond acceptors (Lipinski definition) is 3. The minimum atomic E-state index is -0.231. The van der Waals surface area contributed by atoms with Crippen LogP contribution in [0.25, 0.3) is 0 Å². The summed E-state index contributed by atoms with van der Waals surface area (Å²) in [6.07, 6.45) is 0.363. The SMILES string of the molecule is CCC(=O)Oc1ccc(N(c2ccccc2)c2ccccc2)cc1. The molecule has 0 aliphatic carbocycles. The molecule has 0 saturated carbocycles. The number of hydrogen-bond donors (Lipinski definition) is 0. The molecule has 0 atom stereocenters. The Morgan fingerprint density at radius 2 is 1.21 bits per heavy atom. The Hall–Kier alpha value is -3.07. The Kier molecular flexibility index (Phi) is 4.92. The summed E-state index contributed by atoms with van der Waals surface area (Å²) >= 11 is 0. The Balaban J connectivity index is 1.96. The van der Waals surface area contributed by atoms with Crippen LogP contribution in [-0.2, 0) is 4.79 Å². The quantitative estimate of drug-likeness (QED) is 0.461. The van der Waals surface area contributed by atoms with Crippen molar-refractivity contribution in [3.05, 3.63) is 84.9 Å². The van der Waals surface area contributed by atoms with Crippen molar-refractivity contribution in [1.29, 1.82) is 0 Å². The minimum Gasteiger partial charge on any atom is -0.427 e. The van der Waals surface area contributed by atoms with E-state index in [9.17, 15) is 4.79 Å². The first kappa shape index (κ1) is 15.8. The van der Waals surface area contributed by atoms with E-state index in [0.717, 1.165) is 17.1 Å². The molecule has 0 bridgehead atoms. The molecule has 3 heteroatoms. The van der Waals surface area contributed by atoms with Crippen molar-refractivity contribution in [2.75, 3.05) is 4.90 Å². The largest absolute Gasteiger partial charge is 0.427 e. The van der Waals surface area contributed by atoms with Gasteiger partial charge in [0.1, 0.15) is 5.75 Å². The van der Waals surface area contributed by atoms with Gasteiger partial charge in [0, 0.05) is 23.5 Å². The molecule has 0 amide bonds. The lowest BCUT2D eigenvalue weighted by Crippen LogP contribution is -2.10. The molecule has 120 valence electrons. The number of carbonyl (C=O) groups excluding carboxylic acids is 1. The Labute approximate surface area is 142 Å². The summed E-state index contributed by atoms with van der Waals surface area (Å²) in [5.41, 5.74) is 3.15. The number of benzene rings is 3. The second-order valence-corrected chi connectivity index (χ2v) is 5.33. The van der Waals surface area contributed by atoms with Crippen LogP contribution in [0.3, 0.4) is 0 Å². The highest BCUT2D eigenvalue weighted by Gasteiger charge is 2.12. The van der Waals surface area contributed by atoms with E-state index in [1.165, 1.54) is 0 Å². The van der Waals surface area contributed by atoms with Gasteiger partial charge in [-0.05, 0) is 48.5 Å². The zero-order chi connectivity index (χ0) is 16.8. The fourth-order valence-corrected chi connectivity index (χ4v) is 2.47. The van der Waals surface area contributed by atoms with E-state index < -0.39 is 0 Å². The third-order valence-electron chi connectivity index (χ3n) is 3.64. The van der Waals surface area contributed by atoms with Gasteiger partial charge < -0.3 is 9.64 Å². The van der Waals surface area contributed by atoms with Crippen LogP contribution in [0.5, 0.6) is 5.75 Å². The third-order valence-corrected chi connectivity index (χ3v) is 3.64. The van der Waals surface area contributed by atoms with Crippen molar-refractivity contribution in [3.8, 4) is 5.75 Å². The molecule has 24 heavy (non-hydrogen) atoms. The van der Waals surface area contributed by atoms with E-state index in [1.807, 2.05) is 60.7 Å². The van der Waals surface area contributed by atoms with Crippen molar-refractivity contribution in [3.63, 3.8) is 0 Å². The van der Waals surface area contributed by atoms with Crippen molar-refractivity contribution >= 4 is 23.0 Å². The fourth-order valence-electron chi connectivity index (χ4n) is 2.47. The van der Waals surface area contributed by atoms with E-state index in [-0.39, 0.29) is 5.97 Å². The Morgan fingerprint density at radius 1 is 0.750 bits per heavy atom. The number of rotatable bonds is 5. The topological polar surface area (TPSA) is 29.5 Å². The monoisotopic (exact) mass is 317 g/mol. The molecule has 3 aromatic rings. The van der Waals surface area contributed by atoms with Gasteiger partial charge in [-0.15, -0.1) is 0 Å². The molecule has 3 rings (SSSR count). The molecule has 0 spiro atoms. The predicted octanol–water partition coefficient (Wildman–Crippen LogP) is 5.47. The zero-order valence-electron chi connectivity index (χ0n) is 13.6. The second kappa shape index (κ2) is 7.47. The van der Waals surface area contributed by atoms with Crippen LogP contribution < -0.4 is 9.64 Å². The third kappa shape index (κ3) is 3.63. The van der Waals surface area contributed by atoms with Crippen molar-refractivity contribution in [2.45, 2.75) is 13.3 Å². The molecule has 0 aromatic heterocycles. The number of para-hydroxylation sites is 2. The van der Waals surface area contributed by atoms with Crippen LogP contribution >= 0.6 is 0 Å². The maximum Gasteiger partial charge on any atom is 0.310 e. The molecule has 0 aliphatic heterocycles. The Bertz CT molecular complexity index is 744. The van der Waals surface area contributed by atoms with Crippen LogP contribution in [0.15, 0.2) is 84.9 Å². The van der Waals surface area contributed by atoms with E-state index in [4.69, 9.17) is 4.74 Å². The predicted molar refractivity (Wildman–Crippen MR) is 97.1 cm³/mol. The smallest absolute Gasteiger partial charge is 0.310 e. The van der Waals surface area contributed by atoms with Crippen molar-refractivity contribution in [1.82, 2.24) is 0 Å². The number of nitrogens with zero attached hydrogens (tertiary/aromatic N) is 1. The van der Waals surface area contributed by atoms with Gasteiger partial charge in [0.25, 0.3) is 0 Å². The molecular weight excluding hydrogens is 298 g/mol. The van der Waals surface area contributed by atoms with Gasteiger partial charge in [0.05, 0.1) is 0 Å². The number of ether oxygens (including phenoxy) is 1. The van der Waals surface area contributed by atoms with Gasteiger partial charge in [0.2, 0.25) is 0 Å². The van der Waals surface area contributed by atoms with Gasteiger partial charge in [-0.2, -0.15) is 0 Å². The normalized spacial score (nSPS) is 10.2. The number of anilines is 3. The van der Waals surface area contributed by atoms with Crippen molar-refractivity contribution in [2.24, 2.45) is 0 Å². The summed E-state index contributed by atoms with van der Waals surface area (Å²) in [5, 5.41) is 0. The van der Waals surface area contributed by atoms with Gasteiger partial charge in [-0.1, -0.05) is 43.3 Å². The average molecular weight is 317 g/mol. The molecule has 0 heterocycles. The second-order valence-electron chi connectivity index (χ2n) is 5.33. The van der Waals surface area contributed by atoms with Crippen LogP contribution in [0, 0.1) is 0 Å². The summed E-state index contributed by atoms with van der Waals surface area (Å²) in [5.74, 6) is 0.331. The van der Waals surface area contributed by atoms with Gasteiger partial charge in [-0.25, -0.2) is 0 Å². The summed E-state index contributed by atoms with van der Waals surface area (Å²) < 4.78 is 5.25. The highest BCUT2D eigenvalue weighted by Crippen LogP contribution is 2.34. The first-order valence-electron chi connectivity index (χ1n) is 7.99. The Morgan fingerprint density at radius 3 is 1.67 bits per heavy atom. The van der Waals surface area contributed by atoms with Crippen LogP contribution in [-0.4, -0.2) is 5.97 Å². The summed E-state index contributed by atoms with van der Waals surface area (Å²) in [7, 11) is 0. The first-order chi connectivity index (χ1) is 11.8. The molecule has 0 aliphatic rings. The highest BCUT2D eigenvalue weighted by molar-refractivity contribution is 5.77. The molecule has 3 nitrogen and oxygen atoms in total. The van der Waals surface area contributed by atoms with Gasteiger partial charge in [-0.3, -0.25) is 4.79 Å². The molecule has 3 aromatic carbocycles. The molecule has 0 N–H and O–H groups in total. The zero-order valence-corrected chi connectivity index (χ0v) is 13.6. The van der Waals surface area contributed by atoms with Gasteiger partial charge in [0.15, 0.2) is 0 Å². The molecule has 0 saturated heterocycles. The van der Waals surface area contributed by atoms with Crippen LogP contribution in [0.4, 0.5) is 17.1 Å². The maximum absolute atomic E-state index is 11.4. The minimum absolute atomic E-state index is 0.231. The summed E-state index contributed by atoms with van der Waals surface area (Å²) in [4.78, 5) is 13.6. The maximum atomic E-state index is 11.4. The van der Waals surface area contributed by atoms with E-state index >= 15 is 0 Å². The summed E-state index contributed by atoms with van der Waals surface area (Å²) in [6.45, 7) is 1.78.